The van der Waals surface area contributed by atoms with Crippen LogP contribution in [0.4, 0.5) is 0 Å². The minimum atomic E-state index is -3.37. The molecule has 0 aliphatic heterocycles. The van der Waals surface area contributed by atoms with Crippen molar-refractivity contribution in [2.45, 2.75) is 18.8 Å². The van der Waals surface area contributed by atoms with Crippen LogP contribution in [-0.4, -0.2) is 25.4 Å². The first kappa shape index (κ1) is 14.7. The van der Waals surface area contributed by atoms with Gasteiger partial charge in [-0.2, -0.15) is 0 Å². The molecule has 2 rings (SSSR count). The maximum atomic E-state index is 12.0. The van der Waals surface area contributed by atoms with E-state index in [0.717, 1.165) is 11.1 Å². The van der Waals surface area contributed by atoms with E-state index in [4.69, 9.17) is 0 Å². The molecule has 2 aromatic rings. The minimum Gasteiger partial charge on any atom is -0.347 e. The summed E-state index contributed by atoms with van der Waals surface area (Å²) in [6.45, 7) is 0.888. The molecule has 1 aromatic carbocycles. The second-order valence-corrected chi connectivity index (χ2v) is 6.27. The average molecular weight is 294 g/mol. The molecule has 108 valence electrons. The van der Waals surface area contributed by atoms with Crippen molar-refractivity contribution in [2.24, 2.45) is 0 Å². The summed E-state index contributed by atoms with van der Waals surface area (Å²) in [6.07, 6.45) is 3.25. The lowest BCUT2D eigenvalue weighted by atomic mass is 10.1. The second kappa shape index (κ2) is 6.65. The molecule has 20 heavy (non-hydrogen) atoms. The predicted octanol–water partition coefficient (Wildman–Crippen LogP) is 0.749. The van der Waals surface area contributed by atoms with Gasteiger partial charge in [-0.25, -0.2) is 18.1 Å². The number of hydrogen-bond donors (Lipinski definition) is 3. The summed E-state index contributed by atoms with van der Waals surface area (Å²) in [6, 6.07) is 7.53. The van der Waals surface area contributed by atoms with E-state index >= 15 is 0 Å². The smallest absolute Gasteiger partial charge is 0.216 e. The molecule has 0 aliphatic carbocycles. The number of benzene rings is 1. The van der Waals surface area contributed by atoms with Crippen LogP contribution in [0.25, 0.3) is 0 Å². The highest BCUT2D eigenvalue weighted by Crippen LogP contribution is 2.09. The number of nitrogens with one attached hydrogen (secondary N) is 3. The molecule has 0 fully saturated rings. The van der Waals surface area contributed by atoms with E-state index < -0.39 is 10.0 Å². The molecule has 0 saturated carbocycles. The number of hydrogen-bond acceptors (Lipinski definition) is 4. The summed E-state index contributed by atoms with van der Waals surface area (Å²) < 4.78 is 26.5. The average Bonchev–Trinajstić information content (AvgIpc) is 2.90. The topological polar surface area (TPSA) is 86.9 Å². The molecule has 0 amide bonds. The van der Waals surface area contributed by atoms with Crippen molar-refractivity contribution < 1.29 is 8.42 Å². The van der Waals surface area contributed by atoms with E-state index in [1.54, 1.807) is 12.4 Å². The van der Waals surface area contributed by atoms with Gasteiger partial charge in [0.1, 0.15) is 5.82 Å². The molecule has 0 atom stereocenters. The lowest BCUT2D eigenvalue weighted by Gasteiger charge is -2.07. The summed E-state index contributed by atoms with van der Waals surface area (Å²) in [5.74, 6) is 0.558. The molecular weight excluding hydrogens is 276 g/mol. The van der Waals surface area contributed by atoms with Crippen LogP contribution in [0.2, 0.25) is 0 Å². The molecule has 1 aromatic heterocycles. The molecule has 0 spiro atoms. The number of aromatic nitrogens is 2. The van der Waals surface area contributed by atoms with E-state index in [9.17, 15) is 8.42 Å². The first-order valence-corrected chi connectivity index (χ1v) is 7.92. The number of rotatable bonds is 7. The largest absolute Gasteiger partial charge is 0.347 e. The van der Waals surface area contributed by atoms with Crippen LogP contribution in [0.3, 0.4) is 0 Å². The Kier molecular flexibility index (Phi) is 4.89. The summed E-state index contributed by atoms with van der Waals surface area (Å²) in [5.41, 5.74) is 1.83. The zero-order valence-electron chi connectivity index (χ0n) is 11.3. The molecule has 0 saturated heterocycles. The van der Waals surface area contributed by atoms with E-state index in [1.165, 1.54) is 0 Å². The Balaban J connectivity index is 1.98. The van der Waals surface area contributed by atoms with Gasteiger partial charge in [-0.05, 0) is 18.2 Å². The zero-order valence-corrected chi connectivity index (χ0v) is 12.1. The predicted molar refractivity (Wildman–Crippen MR) is 77.3 cm³/mol. The van der Waals surface area contributed by atoms with Gasteiger partial charge in [0, 0.05) is 18.9 Å². The van der Waals surface area contributed by atoms with Crippen molar-refractivity contribution >= 4 is 10.0 Å². The van der Waals surface area contributed by atoms with Gasteiger partial charge in [0.15, 0.2) is 0 Å². The fourth-order valence-corrected chi connectivity index (χ4v) is 2.95. The Morgan fingerprint density at radius 3 is 2.75 bits per heavy atom. The normalized spacial score (nSPS) is 11.7. The molecule has 0 unspecified atom stereocenters. The third kappa shape index (κ3) is 4.44. The molecule has 3 N–H and O–H groups in total. The minimum absolute atomic E-state index is 0.0364. The quantitative estimate of drug-likeness (QED) is 0.703. The Morgan fingerprint density at radius 1 is 1.25 bits per heavy atom. The second-order valence-electron chi connectivity index (χ2n) is 4.47. The zero-order chi connectivity index (χ0) is 14.4. The Bertz CT molecular complexity index is 638. The summed E-state index contributed by atoms with van der Waals surface area (Å²) in [5, 5.41) is 3.04. The number of sulfonamides is 1. The monoisotopic (exact) mass is 294 g/mol. The summed E-state index contributed by atoms with van der Waals surface area (Å²) in [7, 11) is -1.52. The van der Waals surface area contributed by atoms with Crippen molar-refractivity contribution in [1.82, 2.24) is 20.0 Å². The first-order chi connectivity index (χ1) is 9.59. The van der Waals surface area contributed by atoms with E-state index in [0.29, 0.717) is 12.4 Å². The number of H-pyrrole nitrogens is 1. The van der Waals surface area contributed by atoms with Gasteiger partial charge in [0.25, 0.3) is 0 Å². The Morgan fingerprint density at radius 2 is 2.05 bits per heavy atom. The highest BCUT2D eigenvalue weighted by molar-refractivity contribution is 7.88. The van der Waals surface area contributed by atoms with Crippen molar-refractivity contribution in [1.29, 1.82) is 0 Å². The first-order valence-electron chi connectivity index (χ1n) is 6.27. The van der Waals surface area contributed by atoms with Crippen molar-refractivity contribution in [3.8, 4) is 0 Å². The third-order valence-corrected chi connectivity index (χ3v) is 4.04. The van der Waals surface area contributed by atoms with Crippen molar-refractivity contribution in [2.75, 3.05) is 7.05 Å². The fraction of sp³-hybridized carbons (Fsp3) is 0.308. The van der Waals surface area contributed by atoms with Gasteiger partial charge in [-0.15, -0.1) is 0 Å². The number of nitrogens with zero attached hydrogens (tertiary/aromatic N) is 1. The van der Waals surface area contributed by atoms with E-state index in [1.807, 2.05) is 31.3 Å². The van der Waals surface area contributed by atoms with Crippen molar-refractivity contribution in [3.05, 3.63) is 53.6 Å². The van der Waals surface area contributed by atoms with Gasteiger partial charge < -0.3 is 10.3 Å². The van der Waals surface area contributed by atoms with E-state index in [-0.39, 0.29) is 12.3 Å². The Labute approximate surface area is 118 Å². The van der Waals surface area contributed by atoms with Gasteiger partial charge in [-0.1, -0.05) is 24.3 Å². The molecule has 7 heteroatoms. The fourth-order valence-electron chi connectivity index (χ4n) is 1.88. The standard InChI is InChI=1S/C13H18N4O2S/c1-14-8-11-3-2-4-12(7-11)10-20(18,19)17-9-13-15-5-6-16-13/h2-7,14,17H,8-10H2,1H3,(H,15,16). The van der Waals surface area contributed by atoms with Gasteiger partial charge >= 0.3 is 0 Å². The maximum Gasteiger partial charge on any atom is 0.216 e. The van der Waals surface area contributed by atoms with Gasteiger partial charge in [0.2, 0.25) is 10.0 Å². The van der Waals surface area contributed by atoms with Gasteiger partial charge in [-0.3, -0.25) is 0 Å². The van der Waals surface area contributed by atoms with Crippen LogP contribution >= 0.6 is 0 Å². The lowest BCUT2D eigenvalue weighted by Crippen LogP contribution is -2.25. The summed E-state index contributed by atoms with van der Waals surface area (Å²) in [4.78, 5) is 6.83. The van der Waals surface area contributed by atoms with Crippen molar-refractivity contribution in [3.63, 3.8) is 0 Å². The SMILES string of the molecule is CNCc1cccc(CS(=O)(=O)NCc2ncc[nH]2)c1. The third-order valence-electron chi connectivity index (χ3n) is 2.74. The number of aromatic amines is 1. The van der Waals surface area contributed by atoms with Crippen LogP contribution in [0.1, 0.15) is 17.0 Å². The van der Waals surface area contributed by atoms with Crippen LogP contribution in [0, 0.1) is 0 Å². The van der Waals surface area contributed by atoms with Crippen LogP contribution < -0.4 is 10.0 Å². The highest BCUT2D eigenvalue weighted by atomic mass is 32.2. The molecular formula is C13H18N4O2S. The molecule has 1 heterocycles. The molecule has 6 nitrogen and oxygen atoms in total. The molecule has 0 aliphatic rings. The van der Waals surface area contributed by atoms with Gasteiger partial charge in [0.05, 0.1) is 12.3 Å². The van der Waals surface area contributed by atoms with Crippen LogP contribution in [0.5, 0.6) is 0 Å². The molecule has 0 bridgehead atoms. The highest BCUT2D eigenvalue weighted by Gasteiger charge is 2.12. The summed E-state index contributed by atoms with van der Waals surface area (Å²) >= 11 is 0. The van der Waals surface area contributed by atoms with E-state index in [2.05, 4.69) is 20.0 Å². The number of imidazole rings is 1. The Hall–Kier alpha value is -1.70. The lowest BCUT2D eigenvalue weighted by molar-refractivity contribution is 0.578. The van der Waals surface area contributed by atoms with Crippen LogP contribution in [-0.2, 0) is 28.9 Å². The maximum absolute atomic E-state index is 12.0. The van der Waals surface area contributed by atoms with Crippen LogP contribution in [0.15, 0.2) is 36.7 Å². The molecule has 0 radical (unpaired) electrons.